The minimum Gasteiger partial charge on any atom is -0.465 e. The highest BCUT2D eigenvalue weighted by Crippen LogP contribution is 1.70. The van der Waals surface area contributed by atoms with Crippen molar-refractivity contribution in [3.8, 4) is 0 Å². The number of hydrogen-bond donors (Lipinski definition) is 3. The lowest BCUT2D eigenvalue weighted by Crippen LogP contribution is -2.22. The molecule has 0 aromatic heterocycles. The predicted octanol–water partition coefficient (Wildman–Crippen LogP) is 0.0582. The first kappa shape index (κ1) is 11.3. The Morgan fingerprint density at radius 2 is 2.11 bits per heavy atom. The molecule has 0 heterocycles. The molecule has 4 nitrogen and oxygen atoms in total. The number of hydrogen-bond acceptors (Lipinski definition) is 2. The lowest BCUT2D eigenvalue weighted by Gasteiger charge is -1.94. The molecule has 5 heteroatoms. The van der Waals surface area contributed by atoms with E-state index in [-0.39, 0.29) is 19.0 Å². The number of halogens is 1. The summed E-state index contributed by atoms with van der Waals surface area (Å²) in [5, 5.41) is 18.2. The maximum Gasteiger partial charge on any atom is 0.404 e. The van der Waals surface area contributed by atoms with Gasteiger partial charge in [-0.25, -0.2) is 4.79 Å². The Bertz CT molecular complexity index is 78.2. The van der Waals surface area contributed by atoms with Crippen LogP contribution < -0.4 is 5.32 Å². The molecule has 0 aliphatic rings. The second-order valence-corrected chi connectivity index (χ2v) is 1.31. The van der Waals surface area contributed by atoms with Gasteiger partial charge in [0, 0.05) is 13.2 Å². The van der Waals surface area contributed by atoms with E-state index in [9.17, 15) is 4.79 Å². The van der Waals surface area contributed by atoms with Crippen molar-refractivity contribution in [2.75, 3.05) is 13.2 Å². The van der Waals surface area contributed by atoms with Crippen molar-refractivity contribution in [2.45, 2.75) is 6.42 Å². The first-order valence-electron chi connectivity index (χ1n) is 2.35. The molecule has 0 saturated heterocycles. The highest BCUT2D eigenvalue weighted by molar-refractivity contribution is 5.85. The van der Waals surface area contributed by atoms with Crippen LogP contribution in [0.1, 0.15) is 6.42 Å². The number of rotatable bonds is 3. The Morgan fingerprint density at radius 1 is 1.56 bits per heavy atom. The molecule has 0 fully saturated rings. The zero-order chi connectivity index (χ0) is 6.41. The van der Waals surface area contributed by atoms with Crippen molar-refractivity contribution >= 4 is 18.5 Å². The molecule has 56 valence electrons. The van der Waals surface area contributed by atoms with Crippen LogP contribution in [0, 0.1) is 0 Å². The van der Waals surface area contributed by atoms with Crippen LogP contribution in [0.5, 0.6) is 0 Å². The molecule has 0 radical (unpaired) electrons. The minimum atomic E-state index is -1.04. The van der Waals surface area contributed by atoms with Crippen molar-refractivity contribution in [1.29, 1.82) is 0 Å². The summed E-state index contributed by atoms with van der Waals surface area (Å²) in [6, 6.07) is 0. The topological polar surface area (TPSA) is 69.6 Å². The lowest BCUT2D eigenvalue weighted by atomic mass is 10.5. The van der Waals surface area contributed by atoms with E-state index in [1.807, 2.05) is 0 Å². The molecule has 9 heavy (non-hydrogen) atoms. The largest absolute Gasteiger partial charge is 0.465 e. The third kappa shape index (κ3) is 11.2. The second kappa shape index (κ2) is 7.52. The van der Waals surface area contributed by atoms with Crippen molar-refractivity contribution in [2.24, 2.45) is 0 Å². The maximum absolute atomic E-state index is 9.68. The van der Waals surface area contributed by atoms with Gasteiger partial charge in [0.2, 0.25) is 0 Å². The highest BCUT2D eigenvalue weighted by Gasteiger charge is 1.89. The monoisotopic (exact) mass is 155 g/mol. The molecule has 0 bridgehead atoms. The first-order valence-corrected chi connectivity index (χ1v) is 2.35. The zero-order valence-electron chi connectivity index (χ0n) is 4.83. The fourth-order valence-corrected chi connectivity index (χ4v) is 0.274. The van der Waals surface area contributed by atoms with Crippen molar-refractivity contribution in [3.63, 3.8) is 0 Å². The molecular weight excluding hydrogens is 146 g/mol. The van der Waals surface area contributed by atoms with Crippen LogP contribution in [-0.2, 0) is 0 Å². The summed E-state index contributed by atoms with van der Waals surface area (Å²) in [4.78, 5) is 9.68. The van der Waals surface area contributed by atoms with Crippen LogP contribution >= 0.6 is 12.4 Å². The molecule has 0 atom stereocenters. The van der Waals surface area contributed by atoms with Gasteiger partial charge in [0.05, 0.1) is 0 Å². The van der Waals surface area contributed by atoms with Crippen molar-refractivity contribution in [1.82, 2.24) is 5.32 Å². The summed E-state index contributed by atoms with van der Waals surface area (Å²) in [7, 11) is 0. The number of amides is 1. The van der Waals surface area contributed by atoms with Crippen LogP contribution in [0.2, 0.25) is 0 Å². The van der Waals surface area contributed by atoms with Gasteiger partial charge < -0.3 is 15.5 Å². The number of carboxylic acid groups (broad SMARTS) is 1. The molecule has 0 saturated carbocycles. The maximum atomic E-state index is 9.68. The predicted molar refractivity (Wildman–Crippen MR) is 35.0 cm³/mol. The molecule has 0 aromatic rings. The Morgan fingerprint density at radius 3 is 2.44 bits per heavy atom. The number of aliphatic hydroxyl groups is 1. The summed E-state index contributed by atoms with van der Waals surface area (Å²) in [6.45, 7) is 0.353. The van der Waals surface area contributed by atoms with Crippen LogP contribution in [-0.4, -0.2) is 29.5 Å². The van der Waals surface area contributed by atoms with E-state index in [2.05, 4.69) is 5.32 Å². The van der Waals surface area contributed by atoms with Crippen LogP contribution in [0.15, 0.2) is 0 Å². The Kier molecular flexibility index (Phi) is 9.47. The molecule has 0 rings (SSSR count). The molecule has 0 spiro atoms. The van der Waals surface area contributed by atoms with Crippen LogP contribution in [0.4, 0.5) is 4.79 Å². The molecule has 3 N–H and O–H groups in total. The third-order valence-electron chi connectivity index (χ3n) is 0.611. The van der Waals surface area contributed by atoms with Crippen molar-refractivity contribution in [3.05, 3.63) is 0 Å². The summed E-state index contributed by atoms with van der Waals surface area (Å²) in [6.07, 6.45) is -0.565. The van der Waals surface area contributed by atoms with Gasteiger partial charge in [-0.3, -0.25) is 0 Å². The van der Waals surface area contributed by atoms with Gasteiger partial charge in [-0.2, -0.15) is 0 Å². The standard InChI is InChI=1S/C4H9NO3.ClH/c6-3-1-2-5-4(7)8;/h5-6H,1-3H2,(H,7,8);1H. The van der Waals surface area contributed by atoms with E-state index in [4.69, 9.17) is 10.2 Å². The molecule has 1 amide bonds. The number of carbonyl (C=O) groups is 1. The Balaban J connectivity index is 0. The van der Waals surface area contributed by atoms with E-state index in [0.717, 1.165) is 0 Å². The highest BCUT2D eigenvalue weighted by atomic mass is 35.5. The van der Waals surface area contributed by atoms with Gasteiger partial charge in [-0.05, 0) is 6.42 Å². The summed E-state index contributed by atoms with van der Waals surface area (Å²) >= 11 is 0. The van der Waals surface area contributed by atoms with Gasteiger partial charge in [0.15, 0.2) is 0 Å². The second-order valence-electron chi connectivity index (χ2n) is 1.31. The van der Waals surface area contributed by atoms with E-state index in [1.54, 1.807) is 0 Å². The molecule has 0 aromatic carbocycles. The molecule has 0 aliphatic carbocycles. The molecule has 0 unspecified atom stereocenters. The molecular formula is C4H10ClNO3. The van der Waals surface area contributed by atoms with E-state index >= 15 is 0 Å². The fraction of sp³-hybridized carbons (Fsp3) is 0.750. The zero-order valence-corrected chi connectivity index (χ0v) is 5.65. The number of aliphatic hydroxyl groups excluding tert-OH is 1. The average molecular weight is 156 g/mol. The van der Waals surface area contributed by atoms with Gasteiger partial charge in [0.1, 0.15) is 0 Å². The smallest absolute Gasteiger partial charge is 0.404 e. The summed E-state index contributed by atoms with van der Waals surface area (Å²) in [5.41, 5.74) is 0. The SMILES string of the molecule is Cl.O=C(O)NCCCO. The van der Waals surface area contributed by atoms with Crippen molar-refractivity contribution < 1.29 is 15.0 Å². The van der Waals surface area contributed by atoms with Gasteiger partial charge >= 0.3 is 6.09 Å². The van der Waals surface area contributed by atoms with E-state index in [0.29, 0.717) is 13.0 Å². The number of nitrogens with one attached hydrogen (secondary N) is 1. The lowest BCUT2D eigenvalue weighted by molar-refractivity contribution is 0.193. The fourth-order valence-electron chi connectivity index (χ4n) is 0.274. The summed E-state index contributed by atoms with van der Waals surface area (Å²) < 4.78 is 0. The average Bonchev–Trinajstić information content (AvgIpc) is 1.66. The third-order valence-corrected chi connectivity index (χ3v) is 0.611. The quantitative estimate of drug-likeness (QED) is 0.505. The van der Waals surface area contributed by atoms with Gasteiger partial charge in [0.25, 0.3) is 0 Å². The van der Waals surface area contributed by atoms with E-state index < -0.39 is 6.09 Å². The van der Waals surface area contributed by atoms with Crippen LogP contribution in [0.3, 0.4) is 0 Å². The van der Waals surface area contributed by atoms with Gasteiger partial charge in [-0.1, -0.05) is 0 Å². The minimum absolute atomic E-state index is 0. The Labute approximate surface area is 59.3 Å². The molecule has 0 aliphatic heterocycles. The van der Waals surface area contributed by atoms with E-state index in [1.165, 1.54) is 0 Å². The first-order chi connectivity index (χ1) is 3.77. The normalized spacial score (nSPS) is 7.67. The Hall–Kier alpha value is -0.480. The van der Waals surface area contributed by atoms with Crippen LogP contribution in [0.25, 0.3) is 0 Å². The van der Waals surface area contributed by atoms with Gasteiger partial charge in [-0.15, -0.1) is 12.4 Å². The summed E-state index contributed by atoms with van der Waals surface area (Å²) in [5.74, 6) is 0.